The molecule has 1 aliphatic rings. The third kappa shape index (κ3) is 2.44. The van der Waals surface area contributed by atoms with Crippen LogP contribution in [0.15, 0.2) is 0 Å². The van der Waals surface area contributed by atoms with E-state index in [2.05, 4.69) is 13.8 Å². The Morgan fingerprint density at radius 3 is 2.38 bits per heavy atom. The number of carboxylic acid groups (broad SMARTS) is 1. The molecule has 3 heteroatoms. The molecule has 3 nitrogen and oxygen atoms in total. The minimum atomic E-state index is -0.763. The number of aliphatic hydroxyl groups excluding tert-OH is 1. The average Bonchev–Trinajstić information content (AvgIpc) is 2.03. The molecule has 0 saturated heterocycles. The van der Waals surface area contributed by atoms with E-state index in [4.69, 9.17) is 5.11 Å². The first kappa shape index (κ1) is 10.5. The second-order valence-corrected chi connectivity index (χ2v) is 4.32. The zero-order chi connectivity index (χ0) is 10.0. The molecule has 2 N–H and O–H groups in total. The second-order valence-electron chi connectivity index (χ2n) is 4.32. The molecular formula is C10H18O3. The van der Waals surface area contributed by atoms with Crippen LogP contribution in [0.25, 0.3) is 0 Å². The Hall–Kier alpha value is -0.570. The minimum absolute atomic E-state index is 0.288. The van der Waals surface area contributed by atoms with Crippen molar-refractivity contribution in [2.45, 2.75) is 39.2 Å². The number of carboxylic acids is 1. The summed E-state index contributed by atoms with van der Waals surface area (Å²) in [5.41, 5.74) is 0. The molecule has 0 amide bonds. The van der Waals surface area contributed by atoms with Gasteiger partial charge in [-0.3, -0.25) is 4.79 Å². The van der Waals surface area contributed by atoms with E-state index in [1.165, 1.54) is 0 Å². The Kier molecular flexibility index (Phi) is 3.31. The van der Waals surface area contributed by atoms with Crippen LogP contribution in [0.4, 0.5) is 0 Å². The van der Waals surface area contributed by atoms with Crippen LogP contribution in [-0.4, -0.2) is 22.3 Å². The third-order valence-electron chi connectivity index (χ3n) is 3.07. The van der Waals surface area contributed by atoms with Gasteiger partial charge >= 0.3 is 5.97 Å². The lowest BCUT2D eigenvalue weighted by atomic mass is 9.75. The quantitative estimate of drug-likeness (QED) is 0.687. The SMILES string of the molecule is CC(C)C1CCC(C(=O)O)CC1O. The molecule has 1 fully saturated rings. The van der Waals surface area contributed by atoms with Crippen LogP contribution in [0.3, 0.4) is 0 Å². The van der Waals surface area contributed by atoms with Crippen LogP contribution in [0, 0.1) is 17.8 Å². The highest BCUT2D eigenvalue weighted by Gasteiger charge is 2.33. The summed E-state index contributed by atoms with van der Waals surface area (Å²) in [4.78, 5) is 10.7. The Labute approximate surface area is 78.8 Å². The number of rotatable bonds is 2. The van der Waals surface area contributed by atoms with E-state index in [0.29, 0.717) is 12.3 Å². The van der Waals surface area contributed by atoms with Gasteiger partial charge in [0, 0.05) is 0 Å². The van der Waals surface area contributed by atoms with E-state index >= 15 is 0 Å². The molecule has 0 aliphatic heterocycles. The molecule has 0 aromatic heterocycles. The number of hydrogen-bond donors (Lipinski definition) is 2. The largest absolute Gasteiger partial charge is 0.481 e. The van der Waals surface area contributed by atoms with Crippen LogP contribution in [0.2, 0.25) is 0 Å². The number of hydrogen-bond acceptors (Lipinski definition) is 2. The van der Waals surface area contributed by atoms with Crippen molar-refractivity contribution in [1.29, 1.82) is 0 Å². The summed E-state index contributed by atoms with van der Waals surface area (Å²) in [7, 11) is 0. The summed E-state index contributed by atoms with van der Waals surface area (Å²) < 4.78 is 0. The van der Waals surface area contributed by atoms with Gasteiger partial charge in [0.2, 0.25) is 0 Å². The predicted octanol–water partition coefficient (Wildman–Crippen LogP) is 1.50. The Morgan fingerprint density at radius 2 is 2.00 bits per heavy atom. The first-order valence-electron chi connectivity index (χ1n) is 4.93. The summed E-state index contributed by atoms with van der Waals surface area (Å²) >= 11 is 0. The van der Waals surface area contributed by atoms with Crippen molar-refractivity contribution in [3.05, 3.63) is 0 Å². The van der Waals surface area contributed by atoms with Crippen molar-refractivity contribution in [2.75, 3.05) is 0 Å². The van der Waals surface area contributed by atoms with E-state index in [-0.39, 0.29) is 11.8 Å². The van der Waals surface area contributed by atoms with E-state index in [0.717, 1.165) is 12.8 Å². The second kappa shape index (κ2) is 4.09. The van der Waals surface area contributed by atoms with Crippen molar-refractivity contribution >= 4 is 5.97 Å². The minimum Gasteiger partial charge on any atom is -0.481 e. The lowest BCUT2D eigenvalue weighted by Crippen LogP contribution is -2.35. The van der Waals surface area contributed by atoms with E-state index in [1.54, 1.807) is 0 Å². The van der Waals surface area contributed by atoms with Gasteiger partial charge in [0.1, 0.15) is 0 Å². The van der Waals surface area contributed by atoms with Gasteiger partial charge in [-0.25, -0.2) is 0 Å². The lowest BCUT2D eigenvalue weighted by molar-refractivity contribution is -0.145. The van der Waals surface area contributed by atoms with E-state index < -0.39 is 12.1 Å². The van der Waals surface area contributed by atoms with E-state index in [9.17, 15) is 9.90 Å². The molecule has 1 rings (SSSR count). The molecule has 13 heavy (non-hydrogen) atoms. The molecule has 0 bridgehead atoms. The summed E-state index contributed by atoms with van der Waals surface area (Å²) in [6.45, 7) is 4.16. The maximum absolute atomic E-state index is 10.7. The first-order valence-corrected chi connectivity index (χ1v) is 4.93. The molecule has 0 aromatic rings. The summed E-state index contributed by atoms with van der Waals surface area (Å²) in [5, 5.41) is 18.5. The van der Waals surface area contributed by atoms with Crippen molar-refractivity contribution < 1.29 is 15.0 Å². The van der Waals surface area contributed by atoms with Gasteiger partial charge in [0.05, 0.1) is 12.0 Å². The molecule has 0 aromatic carbocycles. The Morgan fingerprint density at radius 1 is 1.38 bits per heavy atom. The van der Waals surface area contributed by atoms with Gasteiger partial charge in [-0.1, -0.05) is 13.8 Å². The maximum atomic E-state index is 10.7. The van der Waals surface area contributed by atoms with Gasteiger partial charge in [-0.15, -0.1) is 0 Å². The van der Waals surface area contributed by atoms with Gasteiger partial charge in [-0.2, -0.15) is 0 Å². The highest BCUT2D eigenvalue weighted by Crippen LogP contribution is 2.33. The Balaban J connectivity index is 2.51. The van der Waals surface area contributed by atoms with Crippen LogP contribution in [-0.2, 0) is 4.79 Å². The molecule has 0 spiro atoms. The topological polar surface area (TPSA) is 57.5 Å². The fraction of sp³-hybridized carbons (Fsp3) is 0.900. The molecule has 0 heterocycles. The average molecular weight is 186 g/mol. The van der Waals surface area contributed by atoms with Crippen LogP contribution < -0.4 is 0 Å². The van der Waals surface area contributed by atoms with Crippen LogP contribution in [0.5, 0.6) is 0 Å². The molecule has 3 unspecified atom stereocenters. The van der Waals surface area contributed by atoms with Crippen LogP contribution >= 0.6 is 0 Å². The molecule has 76 valence electrons. The van der Waals surface area contributed by atoms with Crippen molar-refractivity contribution in [3.8, 4) is 0 Å². The highest BCUT2D eigenvalue weighted by atomic mass is 16.4. The standard InChI is InChI=1S/C10H18O3/c1-6(2)8-4-3-7(10(12)13)5-9(8)11/h6-9,11H,3-5H2,1-2H3,(H,12,13). The zero-order valence-electron chi connectivity index (χ0n) is 8.23. The fourth-order valence-electron chi connectivity index (χ4n) is 2.17. The van der Waals surface area contributed by atoms with Gasteiger partial charge in [-0.05, 0) is 31.1 Å². The maximum Gasteiger partial charge on any atom is 0.306 e. The molecule has 1 saturated carbocycles. The number of aliphatic hydroxyl groups is 1. The molecule has 3 atom stereocenters. The zero-order valence-corrected chi connectivity index (χ0v) is 8.23. The normalized spacial score (nSPS) is 34.9. The fourth-order valence-corrected chi connectivity index (χ4v) is 2.17. The van der Waals surface area contributed by atoms with Crippen molar-refractivity contribution in [2.24, 2.45) is 17.8 Å². The van der Waals surface area contributed by atoms with Gasteiger partial charge in [0.15, 0.2) is 0 Å². The smallest absolute Gasteiger partial charge is 0.306 e. The van der Waals surface area contributed by atoms with Gasteiger partial charge in [0.25, 0.3) is 0 Å². The summed E-state index contributed by atoms with van der Waals surface area (Å²) in [5.74, 6) is -0.355. The highest BCUT2D eigenvalue weighted by molar-refractivity contribution is 5.70. The molecule has 0 radical (unpaired) electrons. The van der Waals surface area contributed by atoms with Crippen molar-refractivity contribution in [3.63, 3.8) is 0 Å². The monoisotopic (exact) mass is 186 g/mol. The molecule has 1 aliphatic carbocycles. The number of aliphatic carboxylic acids is 1. The van der Waals surface area contributed by atoms with Crippen LogP contribution in [0.1, 0.15) is 33.1 Å². The number of carbonyl (C=O) groups is 1. The Bertz CT molecular complexity index is 189. The van der Waals surface area contributed by atoms with Gasteiger partial charge < -0.3 is 10.2 Å². The summed E-state index contributed by atoms with van der Waals surface area (Å²) in [6.07, 6.45) is 1.57. The van der Waals surface area contributed by atoms with E-state index in [1.807, 2.05) is 0 Å². The summed E-state index contributed by atoms with van der Waals surface area (Å²) in [6, 6.07) is 0. The third-order valence-corrected chi connectivity index (χ3v) is 3.07. The van der Waals surface area contributed by atoms with Crippen molar-refractivity contribution in [1.82, 2.24) is 0 Å². The lowest BCUT2D eigenvalue weighted by Gasteiger charge is -2.33. The molecular weight excluding hydrogens is 168 g/mol. The predicted molar refractivity (Wildman–Crippen MR) is 49.3 cm³/mol. The first-order chi connectivity index (χ1) is 6.02.